The highest BCUT2D eigenvalue weighted by Crippen LogP contribution is 2.31. The van der Waals surface area contributed by atoms with Crippen molar-refractivity contribution in [1.82, 2.24) is 20.0 Å². The largest absolute Gasteiger partial charge is 0.467 e. The zero-order chi connectivity index (χ0) is 21.1. The number of nitrogens with zero attached hydrogens (tertiary/aromatic N) is 3. The number of rotatable bonds is 7. The lowest BCUT2D eigenvalue weighted by atomic mass is 9.83. The summed E-state index contributed by atoms with van der Waals surface area (Å²) in [5.74, 6) is 0.829. The van der Waals surface area contributed by atoms with Gasteiger partial charge in [-0.15, -0.1) is 0 Å². The predicted molar refractivity (Wildman–Crippen MR) is 110 cm³/mol. The Morgan fingerprint density at radius 1 is 1.23 bits per heavy atom. The van der Waals surface area contributed by atoms with Crippen molar-refractivity contribution in [1.29, 1.82) is 0 Å². The fraction of sp³-hybridized carbons (Fsp3) is 0.682. The first-order valence-corrected chi connectivity index (χ1v) is 11.1. The zero-order valence-corrected chi connectivity index (χ0v) is 17.7. The lowest BCUT2D eigenvalue weighted by Gasteiger charge is -2.45. The molecule has 1 aromatic rings. The first-order valence-electron chi connectivity index (χ1n) is 11.1. The number of carbonyl (C=O) groups is 3. The van der Waals surface area contributed by atoms with Crippen LogP contribution in [0.25, 0.3) is 0 Å². The van der Waals surface area contributed by atoms with E-state index in [-0.39, 0.29) is 24.8 Å². The van der Waals surface area contributed by atoms with Gasteiger partial charge in [-0.3, -0.25) is 14.5 Å². The molecule has 1 aromatic heterocycles. The summed E-state index contributed by atoms with van der Waals surface area (Å²) < 4.78 is 5.23. The van der Waals surface area contributed by atoms with Crippen molar-refractivity contribution in [3.63, 3.8) is 0 Å². The Morgan fingerprint density at radius 3 is 2.87 bits per heavy atom. The number of nitrogens with one attached hydrogen (secondary N) is 1. The Labute approximate surface area is 177 Å². The van der Waals surface area contributed by atoms with E-state index < -0.39 is 12.1 Å². The third-order valence-corrected chi connectivity index (χ3v) is 6.81. The fourth-order valence-corrected chi connectivity index (χ4v) is 5.18. The van der Waals surface area contributed by atoms with E-state index in [0.717, 1.165) is 11.4 Å². The molecule has 4 rings (SSSR count). The van der Waals surface area contributed by atoms with Gasteiger partial charge in [0.2, 0.25) is 5.91 Å². The number of carbonyl (C=O) groups excluding carboxylic acids is 3. The van der Waals surface area contributed by atoms with Crippen molar-refractivity contribution in [3.8, 4) is 0 Å². The van der Waals surface area contributed by atoms with Crippen LogP contribution >= 0.6 is 0 Å². The highest BCUT2D eigenvalue weighted by Gasteiger charge is 2.39. The van der Waals surface area contributed by atoms with Crippen LogP contribution in [0.2, 0.25) is 0 Å². The van der Waals surface area contributed by atoms with Crippen molar-refractivity contribution >= 4 is 17.8 Å². The average molecular weight is 417 g/mol. The highest BCUT2D eigenvalue weighted by atomic mass is 16.3. The van der Waals surface area contributed by atoms with E-state index in [0.29, 0.717) is 24.1 Å². The molecule has 3 aliphatic rings. The summed E-state index contributed by atoms with van der Waals surface area (Å²) in [4.78, 5) is 43.0. The fourth-order valence-electron chi connectivity index (χ4n) is 5.18. The number of furan rings is 1. The monoisotopic (exact) mass is 416 g/mol. The normalized spacial score (nSPS) is 27.1. The van der Waals surface area contributed by atoms with E-state index >= 15 is 0 Å². The van der Waals surface area contributed by atoms with Crippen molar-refractivity contribution in [2.45, 2.75) is 63.6 Å². The number of imide groups is 1. The molecule has 0 aromatic carbocycles. The first-order chi connectivity index (χ1) is 14.5. The Bertz CT molecular complexity index is 763. The molecule has 164 valence electrons. The topological polar surface area (TPSA) is 86.1 Å². The molecule has 8 nitrogen and oxygen atoms in total. The van der Waals surface area contributed by atoms with Crippen LogP contribution < -0.4 is 5.32 Å². The summed E-state index contributed by atoms with van der Waals surface area (Å²) >= 11 is 0. The summed E-state index contributed by atoms with van der Waals surface area (Å²) in [6.07, 6.45) is 8.28. The molecule has 3 aliphatic heterocycles. The van der Waals surface area contributed by atoms with Gasteiger partial charge in [0.1, 0.15) is 11.8 Å². The second kappa shape index (κ2) is 9.20. The SMILES string of the molecule is CN(CC1CCCN2CCCCC12)C(=O)CCC1NC(=O)N(Cc2ccco2)C1=O. The van der Waals surface area contributed by atoms with Gasteiger partial charge in [-0.25, -0.2) is 4.79 Å². The number of hydrogen-bond acceptors (Lipinski definition) is 5. The number of amides is 4. The molecule has 30 heavy (non-hydrogen) atoms. The minimum Gasteiger partial charge on any atom is -0.467 e. The molecule has 3 saturated heterocycles. The summed E-state index contributed by atoms with van der Waals surface area (Å²) in [6, 6.07) is 2.98. The van der Waals surface area contributed by atoms with Gasteiger partial charge in [-0.05, 0) is 63.2 Å². The molecule has 4 heterocycles. The number of piperidine rings is 2. The van der Waals surface area contributed by atoms with E-state index in [1.54, 1.807) is 12.1 Å². The Morgan fingerprint density at radius 2 is 2.07 bits per heavy atom. The third-order valence-electron chi connectivity index (χ3n) is 6.81. The molecule has 0 spiro atoms. The summed E-state index contributed by atoms with van der Waals surface area (Å²) in [5.41, 5.74) is 0. The average Bonchev–Trinajstić information content (AvgIpc) is 3.36. The van der Waals surface area contributed by atoms with Crippen molar-refractivity contribution in [2.75, 3.05) is 26.7 Å². The van der Waals surface area contributed by atoms with Crippen LogP contribution in [0.4, 0.5) is 4.79 Å². The van der Waals surface area contributed by atoms with Gasteiger partial charge >= 0.3 is 6.03 Å². The minimum absolute atomic E-state index is 0.0365. The van der Waals surface area contributed by atoms with Crippen LogP contribution in [0.5, 0.6) is 0 Å². The second-order valence-corrected chi connectivity index (χ2v) is 8.82. The van der Waals surface area contributed by atoms with Gasteiger partial charge in [0.15, 0.2) is 0 Å². The van der Waals surface area contributed by atoms with E-state index in [1.807, 2.05) is 11.9 Å². The number of urea groups is 1. The first kappa shape index (κ1) is 20.9. The molecular weight excluding hydrogens is 384 g/mol. The maximum absolute atomic E-state index is 12.7. The van der Waals surface area contributed by atoms with Gasteiger partial charge in [0.05, 0.1) is 12.8 Å². The van der Waals surface area contributed by atoms with Gasteiger partial charge in [0, 0.05) is 26.1 Å². The van der Waals surface area contributed by atoms with Gasteiger partial charge in [0.25, 0.3) is 5.91 Å². The van der Waals surface area contributed by atoms with Crippen molar-refractivity contribution in [3.05, 3.63) is 24.2 Å². The van der Waals surface area contributed by atoms with Crippen LogP contribution in [-0.2, 0) is 16.1 Å². The van der Waals surface area contributed by atoms with Crippen LogP contribution in [0, 0.1) is 5.92 Å². The van der Waals surface area contributed by atoms with E-state index in [2.05, 4.69) is 10.2 Å². The van der Waals surface area contributed by atoms with Crippen LogP contribution in [0.3, 0.4) is 0 Å². The lowest BCUT2D eigenvalue weighted by Crippen LogP contribution is -2.51. The van der Waals surface area contributed by atoms with Crippen LogP contribution in [-0.4, -0.2) is 71.3 Å². The third kappa shape index (κ3) is 4.53. The van der Waals surface area contributed by atoms with E-state index in [1.165, 1.54) is 51.5 Å². The van der Waals surface area contributed by atoms with Gasteiger partial charge in [-0.2, -0.15) is 0 Å². The van der Waals surface area contributed by atoms with E-state index in [4.69, 9.17) is 4.42 Å². The maximum atomic E-state index is 12.7. The molecule has 3 unspecified atom stereocenters. The summed E-state index contributed by atoms with van der Waals surface area (Å²) in [7, 11) is 1.86. The minimum atomic E-state index is -0.645. The number of fused-ring (bicyclic) bond motifs is 1. The van der Waals surface area contributed by atoms with Crippen LogP contribution in [0.1, 0.15) is 50.7 Å². The Hall–Kier alpha value is -2.35. The Kier molecular flexibility index (Phi) is 6.41. The molecule has 1 N–H and O–H groups in total. The molecule has 0 aliphatic carbocycles. The molecule has 4 amide bonds. The predicted octanol–water partition coefficient (Wildman–Crippen LogP) is 2.20. The molecule has 8 heteroatoms. The van der Waals surface area contributed by atoms with Gasteiger partial charge < -0.3 is 19.5 Å². The lowest BCUT2D eigenvalue weighted by molar-refractivity contribution is -0.132. The zero-order valence-electron chi connectivity index (χ0n) is 17.7. The summed E-state index contributed by atoms with van der Waals surface area (Å²) in [6.45, 7) is 3.27. The van der Waals surface area contributed by atoms with Gasteiger partial charge in [-0.1, -0.05) is 6.42 Å². The molecule has 0 saturated carbocycles. The highest BCUT2D eigenvalue weighted by molar-refractivity contribution is 6.04. The molecule has 0 bridgehead atoms. The molecule has 3 fully saturated rings. The molecule has 0 radical (unpaired) electrons. The number of hydrogen-bond donors (Lipinski definition) is 1. The smallest absolute Gasteiger partial charge is 0.325 e. The molecular formula is C22H32N4O4. The second-order valence-electron chi connectivity index (χ2n) is 8.82. The maximum Gasteiger partial charge on any atom is 0.325 e. The van der Waals surface area contributed by atoms with E-state index in [9.17, 15) is 14.4 Å². The Balaban J connectivity index is 1.26. The summed E-state index contributed by atoms with van der Waals surface area (Å²) in [5, 5.41) is 2.70. The standard InChI is InChI=1S/C22H32N4O4/c1-24(14-16-6-4-12-25-11-3-2-8-19(16)25)20(27)10-9-18-21(28)26(22(29)23-18)15-17-7-5-13-30-17/h5,7,13,16,18-19H,2-4,6,8-12,14-15H2,1H3,(H,23,29). The van der Waals surface area contributed by atoms with Crippen molar-refractivity contribution in [2.24, 2.45) is 5.92 Å². The molecule has 3 atom stereocenters. The quantitative estimate of drug-likeness (QED) is 0.689. The van der Waals surface area contributed by atoms with Crippen molar-refractivity contribution < 1.29 is 18.8 Å². The van der Waals surface area contributed by atoms with Crippen LogP contribution in [0.15, 0.2) is 22.8 Å².